The molecule has 1 atom stereocenters. The van der Waals surface area contributed by atoms with Crippen molar-refractivity contribution in [1.29, 1.82) is 0 Å². The van der Waals surface area contributed by atoms with Crippen LogP contribution < -0.4 is 5.32 Å². The Morgan fingerprint density at radius 2 is 1.94 bits per heavy atom. The van der Waals surface area contributed by atoms with Crippen molar-refractivity contribution in [2.75, 3.05) is 6.54 Å². The fourth-order valence-corrected chi connectivity index (χ4v) is 1.11. The summed E-state index contributed by atoms with van der Waals surface area (Å²) in [6.45, 7) is 1.67. The number of amides is 1. The van der Waals surface area contributed by atoms with Crippen LogP contribution in [-0.2, 0) is 9.59 Å². The minimum Gasteiger partial charge on any atom is -0.481 e. The number of carboxylic acid groups (broad SMARTS) is 1. The molecule has 16 heavy (non-hydrogen) atoms. The quantitative estimate of drug-likeness (QED) is 0.741. The third kappa shape index (κ3) is 8.07. The van der Waals surface area contributed by atoms with E-state index in [1.165, 1.54) is 0 Å². The predicted molar refractivity (Wildman–Crippen MR) is 49.7 cm³/mol. The lowest BCUT2D eigenvalue weighted by molar-refractivity contribution is -0.154. The summed E-state index contributed by atoms with van der Waals surface area (Å²) in [5, 5.41) is 10.5. The Morgan fingerprint density at radius 3 is 2.31 bits per heavy atom. The zero-order valence-corrected chi connectivity index (χ0v) is 8.80. The zero-order valence-electron chi connectivity index (χ0n) is 8.80. The van der Waals surface area contributed by atoms with Gasteiger partial charge in [-0.15, -0.1) is 0 Å². The van der Waals surface area contributed by atoms with Crippen LogP contribution in [0.25, 0.3) is 0 Å². The van der Waals surface area contributed by atoms with Crippen LogP contribution in [0.15, 0.2) is 0 Å². The van der Waals surface area contributed by atoms with Gasteiger partial charge in [0, 0.05) is 13.0 Å². The lowest BCUT2D eigenvalue weighted by Crippen LogP contribution is -2.33. The van der Waals surface area contributed by atoms with Gasteiger partial charge in [0.2, 0.25) is 5.91 Å². The second-order valence-corrected chi connectivity index (χ2v) is 3.47. The van der Waals surface area contributed by atoms with Crippen molar-refractivity contribution in [2.45, 2.75) is 32.4 Å². The van der Waals surface area contributed by atoms with Gasteiger partial charge in [-0.1, -0.05) is 13.3 Å². The molecule has 0 saturated heterocycles. The Bertz CT molecular complexity index is 253. The monoisotopic (exact) mass is 241 g/mol. The summed E-state index contributed by atoms with van der Waals surface area (Å²) < 4.78 is 35.3. The van der Waals surface area contributed by atoms with Gasteiger partial charge in [0.1, 0.15) is 6.42 Å². The van der Waals surface area contributed by atoms with E-state index in [0.717, 1.165) is 0 Å². The van der Waals surface area contributed by atoms with E-state index in [9.17, 15) is 22.8 Å². The molecule has 0 rings (SSSR count). The molecule has 0 spiro atoms. The highest BCUT2D eigenvalue weighted by molar-refractivity contribution is 5.76. The minimum absolute atomic E-state index is 0.0439. The van der Waals surface area contributed by atoms with E-state index in [2.05, 4.69) is 5.32 Å². The number of carbonyl (C=O) groups excluding carboxylic acids is 1. The minimum atomic E-state index is -4.53. The van der Waals surface area contributed by atoms with Gasteiger partial charge in [-0.2, -0.15) is 13.2 Å². The van der Waals surface area contributed by atoms with Gasteiger partial charge in [-0.05, 0) is 5.92 Å². The molecule has 0 aromatic carbocycles. The zero-order chi connectivity index (χ0) is 12.8. The van der Waals surface area contributed by atoms with E-state index in [1.807, 2.05) is 0 Å². The number of halogens is 3. The number of hydrogen-bond acceptors (Lipinski definition) is 2. The highest BCUT2D eigenvalue weighted by Gasteiger charge is 2.31. The molecule has 0 aliphatic carbocycles. The molecular formula is C9H14F3NO3. The van der Waals surface area contributed by atoms with Crippen LogP contribution in [0.5, 0.6) is 0 Å². The molecular weight excluding hydrogens is 227 g/mol. The van der Waals surface area contributed by atoms with Gasteiger partial charge in [0.05, 0.1) is 0 Å². The largest absolute Gasteiger partial charge is 0.481 e. The molecule has 1 amide bonds. The SMILES string of the molecule is CCC(CNC(=O)CC(F)(F)F)CC(=O)O. The second kappa shape index (κ2) is 6.34. The summed E-state index contributed by atoms with van der Waals surface area (Å²) in [6, 6.07) is 0. The average molecular weight is 241 g/mol. The maximum absolute atomic E-state index is 11.8. The van der Waals surface area contributed by atoms with Crippen molar-refractivity contribution in [1.82, 2.24) is 5.32 Å². The van der Waals surface area contributed by atoms with E-state index < -0.39 is 24.5 Å². The van der Waals surface area contributed by atoms with Crippen molar-refractivity contribution in [3.8, 4) is 0 Å². The summed E-state index contributed by atoms with van der Waals surface area (Å²) in [6.07, 6.45) is -5.74. The van der Waals surface area contributed by atoms with Gasteiger partial charge in [-0.3, -0.25) is 9.59 Å². The first-order valence-electron chi connectivity index (χ1n) is 4.79. The van der Waals surface area contributed by atoms with E-state index in [0.29, 0.717) is 6.42 Å². The molecule has 0 radical (unpaired) electrons. The summed E-state index contributed by atoms with van der Waals surface area (Å²) in [5.74, 6) is -2.50. The molecule has 0 aromatic heterocycles. The topological polar surface area (TPSA) is 66.4 Å². The van der Waals surface area contributed by atoms with Crippen LogP contribution in [0.2, 0.25) is 0 Å². The second-order valence-electron chi connectivity index (χ2n) is 3.47. The molecule has 0 heterocycles. The molecule has 1 unspecified atom stereocenters. The molecule has 0 aliphatic rings. The van der Waals surface area contributed by atoms with Gasteiger partial charge in [-0.25, -0.2) is 0 Å². The Kier molecular flexibility index (Phi) is 5.84. The normalized spacial score (nSPS) is 13.2. The Hall–Kier alpha value is -1.27. The van der Waals surface area contributed by atoms with Crippen molar-refractivity contribution >= 4 is 11.9 Å². The number of hydrogen-bond donors (Lipinski definition) is 2. The van der Waals surface area contributed by atoms with Crippen LogP contribution in [0.4, 0.5) is 13.2 Å². The van der Waals surface area contributed by atoms with Gasteiger partial charge in [0.15, 0.2) is 0 Å². The van der Waals surface area contributed by atoms with Gasteiger partial charge in [0.25, 0.3) is 0 Å². The van der Waals surface area contributed by atoms with Gasteiger partial charge < -0.3 is 10.4 Å². The van der Waals surface area contributed by atoms with Crippen LogP contribution in [-0.4, -0.2) is 29.7 Å². The van der Waals surface area contributed by atoms with Crippen LogP contribution in [0.3, 0.4) is 0 Å². The van der Waals surface area contributed by atoms with Crippen molar-refractivity contribution in [3.05, 3.63) is 0 Å². The lowest BCUT2D eigenvalue weighted by Gasteiger charge is -2.14. The van der Waals surface area contributed by atoms with E-state index >= 15 is 0 Å². The predicted octanol–water partition coefficient (Wildman–Crippen LogP) is 1.56. The third-order valence-electron chi connectivity index (χ3n) is 1.99. The molecule has 0 saturated carbocycles. The number of rotatable bonds is 6. The summed E-state index contributed by atoms with van der Waals surface area (Å²) >= 11 is 0. The lowest BCUT2D eigenvalue weighted by atomic mass is 10.0. The first kappa shape index (κ1) is 14.7. The third-order valence-corrected chi connectivity index (χ3v) is 1.99. The maximum atomic E-state index is 11.8. The maximum Gasteiger partial charge on any atom is 0.397 e. The van der Waals surface area contributed by atoms with Gasteiger partial charge >= 0.3 is 12.1 Å². The first-order valence-corrected chi connectivity index (χ1v) is 4.79. The van der Waals surface area contributed by atoms with Crippen LogP contribution in [0.1, 0.15) is 26.2 Å². The van der Waals surface area contributed by atoms with E-state index in [4.69, 9.17) is 5.11 Å². The summed E-state index contributed by atoms with van der Waals surface area (Å²) in [4.78, 5) is 21.1. The van der Waals surface area contributed by atoms with Crippen molar-refractivity contribution in [3.63, 3.8) is 0 Å². The molecule has 0 aliphatic heterocycles. The molecule has 0 bridgehead atoms. The number of carboxylic acids is 1. The Labute approximate surface area is 90.8 Å². The number of alkyl halides is 3. The smallest absolute Gasteiger partial charge is 0.397 e. The fraction of sp³-hybridized carbons (Fsp3) is 0.778. The molecule has 4 nitrogen and oxygen atoms in total. The molecule has 2 N–H and O–H groups in total. The van der Waals surface area contributed by atoms with E-state index in [-0.39, 0.29) is 18.9 Å². The van der Waals surface area contributed by atoms with Crippen molar-refractivity contribution < 1.29 is 27.9 Å². The molecule has 0 fully saturated rings. The molecule has 0 aromatic rings. The molecule has 7 heteroatoms. The standard InChI is InChI=1S/C9H14F3NO3/c1-2-6(3-8(15)16)5-13-7(14)4-9(10,11)12/h6H,2-5H2,1H3,(H,13,14)(H,15,16). The summed E-state index contributed by atoms with van der Waals surface area (Å²) in [7, 11) is 0. The molecule has 94 valence electrons. The summed E-state index contributed by atoms with van der Waals surface area (Å²) in [5.41, 5.74) is 0. The Morgan fingerprint density at radius 1 is 1.38 bits per heavy atom. The fourth-order valence-electron chi connectivity index (χ4n) is 1.11. The average Bonchev–Trinajstić information content (AvgIpc) is 2.08. The number of nitrogens with one attached hydrogen (secondary N) is 1. The van der Waals surface area contributed by atoms with E-state index in [1.54, 1.807) is 6.92 Å². The Balaban J connectivity index is 3.93. The highest BCUT2D eigenvalue weighted by atomic mass is 19.4. The van der Waals surface area contributed by atoms with Crippen molar-refractivity contribution in [2.24, 2.45) is 5.92 Å². The number of carbonyl (C=O) groups is 2. The number of aliphatic carboxylic acids is 1. The van der Waals surface area contributed by atoms with Crippen LogP contribution in [0, 0.1) is 5.92 Å². The first-order chi connectivity index (χ1) is 7.24. The highest BCUT2D eigenvalue weighted by Crippen LogP contribution is 2.19. The van der Waals surface area contributed by atoms with Crippen LogP contribution >= 0.6 is 0 Å².